The third-order valence-electron chi connectivity index (χ3n) is 3.95. The molecule has 2 rings (SSSR count). The molecular weight excluding hydrogens is 268 g/mol. The Kier molecular flexibility index (Phi) is 4.46. The first kappa shape index (κ1) is 15.3. The molecule has 1 aliphatic carbocycles. The van der Waals surface area contributed by atoms with Gasteiger partial charge >= 0.3 is 11.9 Å². The zero-order valence-electron chi connectivity index (χ0n) is 12.6. The minimum atomic E-state index is -0.848. The lowest BCUT2D eigenvalue weighted by atomic mass is 9.60. The van der Waals surface area contributed by atoms with Crippen molar-refractivity contribution in [2.24, 2.45) is 0 Å². The van der Waals surface area contributed by atoms with E-state index in [1.165, 1.54) is 0 Å². The molecule has 0 spiro atoms. The Labute approximate surface area is 124 Å². The highest BCUT2D eigenvalue weighted by atomic mass is 16.5. The highest BCUT2D eigenvalue weighted by Crippen LogP contribution is 2.49. The van der Waals surface area contributed by atoms with E-state index in [2.05, 4.69) is 0 Å². The maximum absolute atomic E-state index is 12.5. The number of carbonyl (C=O) groups excluding carboxylic acids is 2. The first-order chi connectivity index (χ1) is 10.1. The summed E-state index contributed by atoms with van der Waals surface area (Å²) >= 11 is 0. The third-order valence-corrected chi connectivity index (χ3v) is 3.95. The molecule has 4 nitrogen and oxygen atoms in total. The molecule has 0 fully saturated rings. The largest absolute Gasteiger partial charge is 0.465 e. The number of carbonyl (C=O) groups is 2. The fourth-order valence-corrected chi connectivity index (χ4v) is 2.76. The van der Waals surface area contributed by atoms with Crippen molar-refractivity contribution in [1.29, 1.82) is 0 Å². The molecule has 1 unspecified atom stereocenters. The van der Waals surface area contributed by atoms with E-state index in [0.29, 0.717) is 25.2 Å². The van der Waals surface area contributed by atoms with Gasteiger partial charge in [-0.1, -0.05) is 30.3 Å². The molecule has 112 valence electrons. The van der Waals surface area contributed by atoms with Crippen LogP contribution in [0.3, 0.4) is 0 Å². The summed E-state index contributed by atoms with van der Waals surface area (Å²) in [5.74, 6) is -0.646. The topological polar surface area (TPSA) is 52.6 Å². The zero-order valence-corrected chi connectivity index (χ0v) is 12.6. The van der Waals surface area contributed by atoms with E-state index in [1.807, 2.05) is 30.3 Å². The Morgan fingerprint density at radius 2 is 1.71 bits per heavy atom. The Balaban J connectivity index is 2.43. The smallest absolute Gasteiger partial charge is 0.334 e. The van der Waals surface area contributed by atoms with E-state index in [0.717, 1.165) is 11.1 Å². The summed E-state index contributed by atoms with van der Waals surface area (Å²) in [6.07, 6.45) is 0.334. The van der Waals surface area contributed by atoms with Crippen molar-refractivity contribution in [3.05, 3.63) is 47.0 Å². The third kappa shape index (κ3) is 2.46. The predicted molar refractivity (Wildman–Crippen MR) is 78.7 cm³/mol. The van der Waals surface area contributed by atoms with E-state index in [1.54, 1.807) is 20.8 Å². The number of esters is 2. The summed E-state index contributed by atoms with van der Waals surface area (Å²) in [5, 5.41) is 0. The van der Waals surface area contributed by atoms with Crippen LogP contribution in [0.5, 0.6) is 0 Å². The van der Waals surface area contributed by atoms with Gasteiger partial charge in [-0.2, -0.15) is 0 Å². The van der Waals surface area contributed by atoms with E-state index < -0.39 is 5.41 Å². The fourth-order valence-electron chi connectivity index (χ4n) is 2.76. The summed E-state index contributed by atoms with van der Waals surface area (Å²) in [7, 11) is 0. The quantitative estimate of drug-likeness (QED) is 0.782. The molecule has 4 heteroatoms. The zero-order chi connectivity index (χ0) is 15.5. The van der Waals surface area contributed by atoms with Crippen molar-refractivity contribution in [3.8, 4) is 0 Å². The Hall–Kier alpha value is -2.10. The van der Waals surface area contributed by atoms with Crippen LogP contribution in [0, 0.1) is 0 Å². The van der Waals surface area contributed by atoms with Crippen LogP contribution in [0.15, 0.2) is 41.5 Å². The standard InChI is InChI=1S/C17H20O4/c1-4-20-15(18)14-11-17(12(14)3,16(19)21-5-2)13-9-7-6-8-10-13/h6-10H,4-5,11H2,1-3H3. The fraction of sp³-hybridized carbons (Fsp3) is 0.412. The molecule has 0 aromatic heterocycles. The SMILES string of the molecule is CCOC(=O)C1=C(C)C(C(=O)OCC)(c2ccccc2)C1. The van der Waals surface area contributed by atoms with Crippen molar-refractivity contribution >= 4 is 11.9 Å². The first-order valence-corrected chi connectivity index (χ1v) is 7.18. The van der Waals surface area contributed by atoms with Crippen LogP contribution in [0.25, 0.3) is 0 Å². The molecule has 0 saturated heterocycles. The van der Waals surface area contributed by atoms with E-state index >= 15 is 0 Å². The second kappa shape index (κ2) is 6.12. The lowest BCUT2D eigenvalue weighted by Gasteiger charge is -2.42. The van der Waals surface area contributed by atoms with Crippen LogP contribution in [-0.4, -0.2) is 25.2 Å². The monoisotopic (exact) mass is 288 g/mol. The molecule has 0 amide bonds. The second-order valence-corrected chi connectivity index (χ2v) is 4.99. The van der Waals surface area contributed by atoms with Gasteiger partial charge < -0.3 is 9.47 Å². The van der Waals surface area contributed by atoms with Crippen molar-refractivity contribution in [1.82, 2.24) is 0 Å². The van der Waals surface area contributed by atoms with Gasteiger partial charge in [-0.3, -0.25) is 4.79 Å². The van der Waals surface area contributed by atoms with E-state index in [-0.39, 0.29) is 11.9 Å². The lowest BCUT2D eigenvalue weighted by Crippen LogP contribution is -2.47. The maximum Gasteiger partial charge on any atom is 0.334 e. The molecule has 21 heavy (non-hydrogen) atoms. The van der Waals surface area contributed by atoms with Gasteiger partial charge in [-0.25, -0.2) is 4.79 Å². The van der Waals surface area contributed by atoms with Crippen molar-refractivity contribution in [3.63, 3.8) is 0 Å². The molecule has 0 radical (unpaired) electrons. The van der Waals surface area contributed by atoms with E-state index in [4.69, 9.17) is 9.47 Å². The molecule has 0 heterocycles. The first-order valence-electron chi connectivity index (χ1n) is 7.18. The van der Waals surface area contributed by atoms with Crippen LogP contribution >= 0.6 is 0 Å². The molecule has 1 aromatic carbocycles. The number of benzene rings is 1. The summed E-state index contributed by atoms with van der Waals surface area (Å²) in [4.78, 5) is 24.4. The normalized spacial score (nSPS) is 20.7. The number of rotatable bonds is 5. The molecule has 1 atom stereocenters. The van der Waals surface area contributed by atoms with Crippen molar-refractivity contribution in [2.75, 3.05) is 13.2 Å². The Bertz CT molecular complexity index is 574. The molecule has 0 N–H and O–H groups in total. The number of hydrogen-bond donors (Lipinski definition) is 0. The van der Waals surface area contributed by atoms with Crippen LogP contribution in [0.4, 0.5) is 0 Å². The minimum Gasteiger partial charge on any atom is -0.465 e. The minimum absolute atomic E-state index is 0.304. The predicted octanol–water partition coefficient (Wildman–Crippen LogP) is 2.77. The molecule has 1 aromatic rings. The van der Waals surface area contributed by atoms with Gasteiger partial charge in [0.2, 0.25) is 0 Å². The lowest BCUT2D eigenvalue weighted by molar-refractivity contribution is -0.150. The molecule has 0 saturated carbocycles. The van der Waals surface area contributed by atoms with Crippen molar-refractivity contribution in [2.45, 2.75) is 32.6 Å². The highest BCUT2D eigenvalue weighted by molar-refractivity contribution is 6.00. The Morgan fingerprint density at radius 1 is 1.10 bits per heavy atom. The summed E-state index contributed by atoms with van der Waals surface area (Å²) in [6, 6.07) is 9.44. The van der Waals surface area contributed by atoms with Crippen LogP contribution < -0.4 is 0 Å². The summed E-state index contributed by atoms with van der Waals surface area (Å²) in [6.45, 7) is 5.99. The van der Waals surface area contributed by atoms with Gasteiger partial charge in [0.1, 0.15) is 5.41 Å². The van der Waals surface area contributed by atoms with Crippen LogP contribution in [0.2, 0.25) is 0 Å². The molecule has 1 aliphatic rings. The van der Waals surface area contributed by atoms with E-state index in [9.17, 15) is 9.59 Å². The summed E-state index contributed by atoms with van der Waals surface area (Å²) in [5.41, 5.74) is 1.31. The second-order valence-electron chi connectivity index (χ2n) is 4.99. The highest BCUT2D eigenvalue weighted by Gasteiger charge is 2.53. The van der Waals surface area contributed by atoms with Gasteiger partial charge in [-0.15, -0.1) is 0 Å². The van der Waals surface area contributed by atoms with Gasteiger partial charge in [0.25, 0.3) is 0 Å². The molecular formula is C17H20O4. The number of ether oxygens (including phenoxy) is 2. The van der Waals surface area contributed by atoms with Gasteiger partial charge in [0, 0.05) is 12.0 Å². The van der Waals surface area contributed by atoms with Gasteiger partial charge in [-0.05, 0) is 31.9 Å². The van der Waals surface area contributed by atoms with Crippen LogP contribution in [-0.2, 0) is 24.5 Å². The molecule has 0 aliphatic heterocycles. The number of hydrogen-bond acceptors (Lipinski definition) is 4. The maximum atomic E-state index is 12.5. The average molecular weight is 288 g/mol. The van der Waals surface area contributed by atoms with Gasteiger partial charge in [0.05, 0.1) is 13.2 Å². The van der Waals surface area contributed by atoms with Crippen molar-refractivity contribution < 1.29 is 19.1 Å². The van der Waals surface area contributed by atoms with Crippen LogP contribution in [0.1, 0.15) is 32.8 Å². The molecule has 0 bridgehead atoms. The summed E-state index contributed by atoms with van der Waals surface area (Å²) < 4.78 is 10.3. The van der Waals surface area contributed by atoms with Gasteiger partial charge in [0.15, 0.2) is 0 Å². The Morgan fingerprint density at radius 3 is 2.24 bits per heavy atom. The average Bonchev–Trinajstić information content (AvgIpc) is 2.48.